The first kappa shape index (κ1) is 13.5. The zero-order chi connectivity index (χ0) is 14.2. The van der Waals surface area contributed by atoms with Crippen LogP contribution in [0.15, 0.2) is 18.2 Å². The quantitative estimate of drug-likeness (QED) is 0.846. The van der Waals surface area contributed by atoms with Crippen LogP contribution < -0.4 is 11.1 Å². The highest BCUT2D eigenvalue weighted by Gasteiger charge is 2.18. The number of aryl methyl sites for hydroxylation is 2. The van der Waals surface area contributed by atoms with Gasteiger partial charge in [-0.25, -0.2) is 0 Å². The topological polar surface area (TPSA) is 68.0 Å². The summed E-state index contributed by atoms with van der Waals surface area (Å²) >= 11 is 1.41. The van der Waals surface area contributed by atoms with E-state index in [1.165, 1.54) is 11.3 Å². The van der Waals surface area contributed by atoms with Crippen molar-refractivity contribution in [1.29, 1.82) is 0 Å². The smallest absolute Gasteiger partial charge is 0.263 e. The lowest BCUT2D eigenvalue weighted by Crippen LogP contribution is -2.24. The molecule has 1 amide bonds. The third kappa shape index (κ3) is 2.61. The average Bonchev–Trinajstić information content (AvgIpc) is 2.63. The van der Waals surface area contributed by atoms with Crippen LogP contribution in [-0.2, 0) is 0 Å². The van der Waals surface area contributed by atoms with Crippen molar-refractivity contribution < 1.29 is 4.79 Å². The summed E-state index contributed by atoms with van der Waals surface area (Å²) in [5.41, 5.74) is 9.30. The molecule has 2 heterocycles. The fraction of sp³-hybridized carbons (Fsp3) is 0.286. The number of hydrogen-bond donors (Lipinski definition) is 2. The van der Waals surface area contributed by atoms with Gasteiger partial charge in [-0.05, 0) is 26.8 Å². The van der Waals surface area contributed by atoms with E-state index in [9.17, 15) is 4.79 Å². The number of nitrogens with two attached hydrogens (primary N) is 1. The number of nitrogen functional groups attached to an aromatic ring is 1. The van der Waals surface area contributed by atoms with E-state index in [-0.39, 0.29) is 5.91 Å². The lowest BCUT2D eigenvalue weighted by atomic mass is 10.2. The summed E-state index contributed by atoms with van der Waals surface area (Å²) in [5.74, 6) is -0.154. The van der Waals surface area contributed by atoms with Crippen LogP contribution in [0.5, 0.6) is 0 Å². The Kier molecular flexibility index (Phi) is 3.57. The van der Waals surface area contributed by atoms with E-state index in [0.29, 0.717) is 17.1 Å². The lowest BCUT2D eigenvalue weighted by molar-refractivity contribution is 0.0962. The zero-order valence-corrected chi connectivity index (χ0v) is 12.1. The lowest BCUT2D eigenvalue weighted by Gasteiger charge is -2.03. The number of nitrogens with zero attached hydrogens (tertiary/aromatic N) is 1. The first-order valence-electron chi connectivity index (χ1n) is 5.99. The van der Waals surface area contributed by atoms with Crippen LogP contribution in [0.4, 0.5) is 5.69 Å². The van der Waals surface area contributed by atoms with Crippen molar-refractivity contribution in [2.75, 3.05) is 12.3 Å². The molecule has 4 nitrogen and oxygen atoms in total. The zero-order valence-electron chi connectivity index (χ0n) is 11.3. The maximum absolute atomic E-state index is 12.1. The number of thiophene rings is 1. The molecule has 3 N–H and O–H groups in total. The number of anilines is 1. The minimum Gasteiger partial charge on any atom is -0.397 e. The Hall–Kier alpha value is -1.88. The second-order valence-electron chi connectivity index (χ2n) is 4.71. The van der Waals surface area contributed by atoms with E-state index in [1.807, 2.05) is 26.8 Å². The summed E-state index contributed by atoms with van der Waals surface area (Å²) in [6.07, 6.45) is 0. The Morgan fingerprint density at radius 2 is 2.21 bits per heavy atom. The van der Waals surface area contributed by atoms with Gasteiger partial charge in [0.2, 0.25) is 0 Å². The largest absolute Gasteiger partial charge is 0.397 e. The van der Waals surface area contributed by atoms with Gasteiger partial charge in [0.1, 0.15) is 4.88 Å². The number of carbonyl (C=O) groups is 1. The van der Waals surface area contributed by atoms with Crippen LogP contribution in [0.3, 0.4) is 0 Å². The molecular weight excluding hydrogens is 258 g/mol. The highest BCUT2D eigenvalue weighted by atomic mass is 32.1. The molecule has 0 unspecified atom stereocenters. The summed E-state index contributed by atoms with van der Waals surface area (Å²) in [6, 6.07) is 1.96. The first-order valence-corrected chi connectivity index (χ1v) is 6.80. The summed E-state index contributed by atoms with van der Waals surface area (Å²) in [5, 5.41) is 3.69. The maximum Gasteiger partial charge on any atom is 0.263 e. The first-order chi connectivity index (χ1) is 8.90. The van der Waals surface area contributed by atoms with E-state index in [0.717, 1.165) is 27.0 Å². The van der Waals surface area contributed by atoms with E-state index in [1.54, 1.807) is 0 Å². The molecule has 0 saturated heterocycles. The summed E-state index contributed by atoms with van der Waals surface area (Å²) < 4.78 is 1.00. The molecule has 0 aliphatic carbocycles. The molecule has 0 aliphatic rings. The molecule has 5 heteroatoms. The Labute approximate surface area is 116 Å². The van der Waals surface area contributed by atoms with Gasteiger partial charge in [-0.1, -0.05) is 12.2 Å². The highest BCUT2D eigenvalue weighted by molar-refractivity contribution is 7.21. The Bertz CT molecular complexity index is 673. The predicted octanol–water partition coefficient (Wildman–Crippen LogP) is 2.80. The van der Waals surface area contributed by atoms with Crippen LogP contribution in [0.2, 0.25) is 0 Å². The van der Waals surface area contributed by atoms with Crippen molar-refractivity contribution in [3.8, 4) is 0 Å². The minimum atomic E-state index is -0.154. The molecule has 0 saturated carbocycles. The predicted molar refractivity (Wildman–Crippen MR) is 80.7 cm³/mol. The molecule has 2 aromatic rings. The van der Waals surface area contributed by atoms with Gasteiger partial charge in [0.25, 0.3) is 5.91 Å². The third-order valence-electron chi connectivity index (χ3n) is 2.78. The van der Waals surface area contributed by atoms with Gasteiger partial charge in [-0.3, -0.25) is 9.78 Å². The van der Waals surface area contributed by atoms with E-state index < -0.39 is 0 Å². The van der Waals surface area contributed by atoms with Crippen LogP contribution in [0.25, 0.3) is 10.1 Å². The van der Waals surface area contributed by atoms with Crippen LogP contribution >= 0.6 is 11.3 Å². The number of aromatic nitrogens is 1. The number of nitrogens with one attached hydrogen (secondary N) is 1. The second kappa shape index (κ2) is 5.01. The minimum absolute atomic E-state index is 0.154. The SMILES string of the molecule is C=C(C)CNC(=O)c1sc2cc(C)nc(C)c2c1N. The van der Waals surface area contributed by atoms with Gasteiger partial charge in [0.05, 0.1) is 5.69 Å². The second-order valence-corrected chi connectivity index (χ2v) is 5.76. The number of amides is 1. The van der Waals surface area contributed by atoms with Gasteiger partial charge in [0.15, 0.2) is 0 Å². The summed E-state index contributed by atoms with van der Waals surface area (Å²) in [6.45, 7) is 9.93. The number of pyridine rings is 1. The molecule has 0 atom stereocenters. The number of hydrogen-bond acceptors (Lipinski definition) is 4. The number of rotatable bonds is 3. The van der Waals surface area contributed by atoms with Crippen molar-refractivity contribution in [2.45, 2.75) is 20.8 Å². The van der Waals surface area contributed by atoms with Crippen LogP contribution in [0.1, 0.15) is 28.0 Å². The molecule has 100 valence electrons. The average molecular weight is 275 g/mol. The van der Waals surface area contributed by atoms with Gasteiger partial charge >= 0.3 is 0 Å². The molecule has 0 spiro atoms. The Morgan fingerprint density at radius 1 is 1.53 bits per heavy atom. The molecule has 0 aromatic carbocycles. The fourth-order valence-electron chi connectivity index (χ4n) is 1.96. The van der Waals surface area contributed by atoms with Crippen molar-refractivity contribution in [2.24, 2.45) is 0 Å². The monoisotopic (exact) mass is 275 g/mol. The summed E-state index contributed by atoms with van der Waals surface area (Å²) in [4.78, 5) is 17.0. The van der Waals surface area contributed by atoms with Gasteiger partial charge < -0.3 is 11.1 Å². The molecule has 2 rings (SSSR count). The van der Waals surface area contributed by atoms with Crippen LogP contribution in [-0.4, -0.2) is 17.4 Å². The van der Waals surface area contributed by atoms with Gasteiger partial charge in [-0.15, -0.1) is 11.3 Å². The normalized spacial score (nSPS) is 10.7. The summed E-state index contributed by atoms with van der Waals surface area (Å²) in [7, 11) is 0. The molecule has 0 fully saturated rings. The highest BCUT2D eigenvalue weighted by Crippen LogP contribution is 2.35. The van der Waals surface area contributed by atoms with Gasteiger partial charge in [-0.2, -0.15) is 0 Å². The van der Waals surface area contributed by atoms with Crippen molar-refractivity contribution in [3.05, 3.63) is 34.5 Å². The molecular formula is C14H17N3OS. The van der Waals surface area contributed by atoms with Crippen molar-refractivity contribution >= 4 is 33.0 Å². The maximum atomic E-state index is 12.1. The van der Waals surface area contributed by atoms with E-state index in [4.69, 9.17) is 5.73 Å². The Balaban J connectivity index is 2.45. The molecule has 19 heavy (non-hydrogen) atoms. The third-order valence-corrected chi connectivity index (χ3v) is 3.93. The number of fused-ring (bicyclic) bond motifs is 1. The van der Waals surface area contributed by atoms with Gasteiger partial charge in [0, 0.05) is 28.0 Å². The molecule has 0 bridgehead atoms. The molecule has 0 radical (unpaired) electrons. The standard InChI is InChI=1S/C14H17N3OS/c1-7(2)6-16-14(18)13-12(15)11-9(4)17-8(3)5-10(11)19-13/h5H,1,6,15H2,2-4H3,(H,16,18). The Morgan fingerprint density at radius 3 is 2.84 bits per heavy atom. The van der Waals surface area contributed by atoms with E-state index in [2.05, 4.69) is 16.9 Å². The number of carbonyl (C=O) groups excluding carboxylic acids is 1. The van der Waals surface area contributed by atoms with Crippen molar-refractivity contribution in [1.82, 2.24) is 10.3 Å². The fourth-order valence-corrected chi connectivity index (χ4v) is 3.15. The van der Waals surface area contributed by atoms with Crippen LogP contribution in [0, 0.1) is 13.8 Å². The van der Waals surface area contributed by atoms with E-state index >= 15 is 0 Å². The van der Waals surface area contributed by atoms with Crippen molar-refractivity contribution in [3.63, 3.8) is 0 Å². The molecule has 0 aliphatic heterocycles. The molecule has 2 aromatic heterocycles.